The second kappa shape index (κ2) is 4.84. The predicted octanol–water partition coefficient (Wildman–Crippen LogP) is 1.04. The fraction of sp³-hybridized carbons (Fsp3) is 0.429. The molecule has 0 spiro atoms. The van der Waals surface area contributed by atoms with Gasteiger partial charge in [-0.3, -0.25) is 0 Å². The molecule has 0 N–H and O–H groups in total. The van der Waals surface area contributed by atoms with Crippen molar-refractivity contribution in [3.8, 4) is 0 Å². The van der Waals surface area contributed by atoms with Crippen molar-refractivity contribution in [3.05, 3.63) is 12.1 Å². The SMILES string of the molecule is COP(=Nc1ccc2nnnn2n1)(OC)OC. The molecule has 0 aliphatic heterocycles. The molecule has 0 radical (unpaired) electrons. The van der Waals surface area contributed by atoms with Crippen LogP contribution in [0.5, 0.6) is 0 Å². The van der Waals surface area contributed by atoms with Gasteiger partial charge >= 0.3 is 7.74 Å². The molecule has 2 aromatic heterocycles. The molecule has 2 heterocycles. The zero-order chi connectivity index (χ0) is 12.3. The molecule has 0 saturated carbocycles. The van der Waals surface area contributed by atoms with E-state index in [4.69, 9.17) is 13.6 Å². The fourth-order valence-corrected chi connectivity index (χ4v) is 2.21. The van der Waals surface area contributed by atoms with Crippen molar-refractivity contribution in [1.29, 1.82) is 0 Å². The molecule has 0 amide bonds. The molecule has 0 saturated heterocycles. The smallest absolute Gasteiger partial charge is 0.306 e. The molecule has 0 bridgehead atoms. The number of rotatable bonds is 4. The zero-order valence-corrected chi connectivity index (χ0v) is 10.4. The lowest BCUT2D eigenvalue weighted by molar-refractivity contribution is 0.224. The Kier molecular flexibility index (Phi) is 3.43. The van der Waals surface area contributed by atoms with E-state index >= 15 is 0 Å². The summed E-state index contributed by atoms with van der Waals surface area (Å²) in [4.78, 5) is 0. The number of hydrogen-bond donors (Lipinski definition) is 0. The lowest BCUT2D eigenvalue weighted by Gasteiger charge is -2.16. The molecule has 2 rings (SSSR count). The molecule has 0 aliphatic rings. The summed E-state index contributed by atoms with van der Waals surface area (Å²) in [6.45, 7) is 0. The van der Waals surface area contributed by atoms with E-state index in [0.29, 0.717) is 11.5 Å². The molecular formula is C7H11N6O3P. The van der Waals surface area contributed by atoms with Gasteiger partial charge in [-0.2, -0.15) is 4.74 Å². The molecule has 0 fully saturated rings. The van der Waals surface area contributed by atoms with E-state index in [1.807, 2.05) is 0 Å². The lowest BCUT2D eigenvalue weighted by Crippen LogP contribution is -1.95. The van der Waals surface area contributed by atoms with Crippen LogP contribution in [0.2, 0.25) is 0 Å². The van der Waals surface area contributed by atoms with Crippen molar-refractivity contribution in [2.24, 2.45) is 4.74 Å². The van der Waals surface area contributed by atoms with Crippen LogP contribution >= 0.6 is 7.74 Å². The number of hydrogen-bond acceptors (Lipinski definition) is 8. The van der Waals surface area contributed by atoms with Crippen LogP contribution in [-0.4, -0.2) is 46.6 Å². The summed E-state index contributed by atoms with van der Waals surface area (Å²) < 4.78 is 20.8. The highest BCUT2D eigenvalue weighted by Gasteiger charge is 2.19. The van der Waals surface area contributed by atoms with Crippen LogP contribution in [0.3, 0.4) is 0 Å². The third-order valence-electron chi connectivity index (χ3n) is 1.97. The van der Waals surface area contributed by atoms with Gasteiger partial charge in [-0.1, -0.05) is 0 Å². The summed E-state index contributed by atoms with van der Waals surface area (Å²) in [5.41, 5.74) is 0.528. The lowest BCUT2D eigenvalue weighted by atomic mass is 10.5. The topological polar surface area (TPSA) is 96.0 Å². The Morgan fingerprint density at radius 2 is 1.88 bits per heavy atom. The van der Waals surface area contributed by atoms with Crippen LogP contribution in [-0.2, 0) is 13.6 Å². The number of nitrogens with zero attached hydrogens (tertiary/aromatic N) is 6. The third-order valence-corrected chi connectivity index (χ3v) is 3.81. The zero-order valence-electron chi connectivity index (χ0n) is 9.51. The Morgan fingerprint density at radius 3 is 2.53 bits per heavy atom. The highest BCUT2D eigenvalue weighted by atomic mass is 31.2. The van der Waals surface area contributed by atoms with Gasteiger partial charge in [-0.05, 0) is 22.6 Å². The second-order valence-corrected chi connectivity index (χ2v) is 5.07. The first-order valence-electron chi connectivity index (χ1n) is 4.58. The highest BCUT2D eigenvalue weighted by molar-refractivity contribution is 7.51. The molecule has 2 aromatic rings. The third kappa shape index (κ3) is 2.32. The van der Waals surface area contributed by atoms with E-state index in [9.17, 15) is 0 Å². The quantitative estimate of drug-likeness (QED) is 0.755. The van der Waals surface area contributed by atoms with Crippen molar-refractivity contribution < 1.29 is 13.6 Å². The largest absolute Gasteiger partial charge is 0.361 e. The predicted molar refractivity (Wildman–Crippen MR) is 58.6 cm³/mol. The highest BCUT2D eigenvalue weighted by Crippen LogP contribution is 2.52. The first-order chi connectivity index (χ1) is 8.23. The molecule has 0 atom stereocenters. The van der Waals surface area contributed by atoms with Crippen molar-refractivity contribution in [2.75, 3.05) is 21.3 Å². The van der Waals surface area contributed by atoms with Crippen LogP contribution in [0.1, 0.15) is 0 Å². The molecule has 0 aliphatic carbocycles. The van der Waals surface area contributed by atoms with E-state index in [2.05, 4.69) is 25.4 Å². The van der Waals surface area contributed by atoms with Crippen molar-refractivity contribution in [3.63, 3.8) is 0 Å². The maximum absolute atomic E-state index is 5.13. The normalized spacial score (nSPS) is 11.9. The Morgan fingerprint density at radius 1 is 1.18 bits per heavy atom. The van der Waals surface area contributed by atoms with Gasteiger partial charge in [-0.25, -0.2) is 0 Å². The standard InChI is InChI=1S/C7H11N6O3P/c1-14-17(15-2,16-3)10-6-4-5-7-8-11-12-13(7)9-6/h4-5H,1-3H3. The van der Waals surface area contributed by atoms with Crippen molar-refractivity contribution in [1.82, 2.24) is 25.3 Å². The summed E-state index contributed by atoms with van der Waals surface area (Å²) >= 11 is 0. The molecule has 17 heavy (non-hydrogen) atoms. The number of fused-ring (bicyclic) bond motifs is 1. The molecule has 0 unspecified atom stereocenters. The van der Waals surface area contributed by atoms with Crippen LogP contribution in [0.15, 0.2) is 16.9 Å². The van der Waals surface area contributed by atoms with Gasteiger partial charge in [0.05, 0.1) is 0 Å². The monoisotopic (exact) mass is 258 g/mol. The molecule has 9 nitrogen and oxygen atoms in total. The second-order valence-electron chi connectivity index (χ2n) is 2.83. The average molecular weight is 258 g/mol. The Balaban J connectivity index is 2.48. The van der Waals surface area contributed by atoms with Crippen molar-refractivity contribution in [2.45, 2.75) is 0 Å². The maximum Gasteiger partial charge on any atom is 0.361 e. The Hall–Kier alpha value is -1.41. The molecule has 10 heteroatoms. The Labute approximate surface area is 97.0 Å². The Bertz CT molecular complexity index is 550. The number of aromatic nitrogens is 5. The minimum atomic E-state index is -2.74. The maximum atomic E-state index is 5.13. The first kappa shape index (κ1) is 12.1. The van der Waals surface area contributed by atoms with E-state index in [1.165, 1.54) is 26.0 Å². The van der Waals surface area contributed by atoms with E-state index in [0.717, 1.165) is 0 Å². The summed E-state index contributed by atoms with van der Waals surface area (Å²) in [5.74, 6) is 0.365. The van der Waals surface area contributed by atoms with Crippen LogP contribution in [0, 0.1) is 0 Å². The van der Waals surface area contributed by atoms with Crippen LogP contribution in [0.25, 0.3) is 5.65 Å². The van der Waals surface area contributed by atoms with Gasteiger partial charge in [0.2, 0.25) is 0 Å². The van der Waals surface area contributed by atoms with Crippen molar-refractivity contribution >= 4 is 19.2 Å². The van der Waals surface area contributed by atoms with Gasteiger partial charge in [0.1, 0.15) is 0 Å². The van der Waals surface area contributed by atoms with Gasteiger partial charge in [0, 0.05) is 21.3 Å². The summed E-state index contributed by atoms with van der Waals surface area (Å²) in [5, 5.41) is 14.9. The molecule has 0 aromatic carbocycles. The van der Waals surface area contributed by atoms with Gasteiger partial charge in [0.15, 0.2) is 11.5 Å². The first-order valence-corrected chi connectivity index (χ1v) is 6.07. The summed E-state index contributed by atoms with van der Waals surface area (Å²) in [6.07, 6.45) is 0. The molecule has 92 valence electrons. The van der Waals surface area contributed by atoms with E-state index in [-0.39, 0.29) is 0 Å². The van der Waals surface area contributed by atoms with E-state index < -0.39 is 7.74 Å². The van der Waals surface area contributed by atoms with Gasteiger partial charge in [0.25, 0.3) is 0 Å². The summed E-state index contributed by atoms with van der Waals surface area (Å²) in [7, 11) is 1.63. The van der Waals surface area contributed by atoms with E-state index in [1.54, 1.807) is 12.1 Å². The van der Waals surface area contributed by atoms with Crippen LogP contribution in [0.4, 0.5) is 5.82 Å². The summed E-state index contributed by atoms with van der Waals surface area (Å²) in [6, 6.07) is 3.33. The average Bonchev–Trinajstić information content (AvgIpc) is 2.83. The number of tetrazole rings is 1. The molecular weight excluding hydrogens is 247 g/mol. The fourth-order valence-electron chi connectivity index (χ4n) is 1.17. The van der Waals surface area contributed by atoms with Crippen LogP contribution < -0.4 is 0 Å². The minimum absolute atomic E-state index is 0.365. The van der Waals surface area contributed by atoms with Gasteiger partial charge in [-0.15, -0.1) is 14.8 Å². The minimum Gasteiger partial charge on any atom is -0.306 e. The van der Waals surface area contributed by atoms with Gasteiger partial charge < -0.3 is 13.6 Å².